The van der Waals surface area contributed by atoms with Crippen LogP contribution in [0, 0.1) is 38.5 Å². The van der Waals surface area contributed by atoms with Crippen LogP contribution in [0.1, 0.15) is 60.8 Å². The van der Waals surface area contributed by atoms with Gasteiger partial charge in [-0.25, -0.2) is 0 Å². The molecule has 3 N–H and O–H groups in total. The molecule has 2 fully saturated rings. The normalized spacial score (nSPS) is 31.1. The fourth-order valence-corrected chi connectivity index (χ4v) is 4.56. The summed E-state index contributed by atoms with van der Waals surface area (Å²) in [5.74, 6) is 10.7. The number of hydrogen-bond acceptors (Lipinski definition) is 3. The van der Waals surface area contributed by atoms with Gasteiger partial charge in [0.2, 0.25) is 0 Å². The molecule has 3 nitrogen and oxygen atoms in total. The minimum Gasteiger partial charge on any atom is -0.466 e. The molecule has 1 aromatic rings. The second kappa shape index (κ2) is 4.95. The van der Waals surface area contributed by atoms with E-state index in [0.29, 0.717) is 0 Å². The van der Waals surface area contributed by atoms with E-state index in [0.717, 1.165) is 29.3 Å². The highest BCUT2D eigenvalue weighted by molar-refractivity contribution is 5.34. The van der Waals surface area contributed by atoms with Crippen molar-refractivity contribution in [3.8, 4) is 0 Å². The van der Waals surface area contributed by atoms with Crippen LogP contribution in [0.3, 0.4) is 0 Å². The van der Waals surface area contributed by atoms with Gasteiger partial charge in [-0.1, -0.05) is 6.42 Å². The van der Waals surface area contributed by atoms with E-state index in [9.17, 15) is 0 Å². The number of rotatable bonds is 4. The van der Waals surface area contributed by atoms with Crippen molar-refractivity contribution in [3.05, 3.63) is 22.6 Å². The number of furan rings is 1. The van der Waals surface area contributed by atoms with Gasteiger partial charge in [0, 0.05) is 11.6 Å². The smallest absolute Gasteiger partial charge is 0.106 e. The molecule has 4 atom stereocenters. The van der Waals surface area contributed by atoms with Gasteiger partial charge >= 0.3 is 0 Å². The van der Waals surface area contributed by atoms with Crippen molar-refractivity contribution in [2.24, 2.45) is 23.6 Å². The molecule has 3 rings (SSSR count). The summed E-state index contributed by atoms with van der Waals surface area (Å²) in [5, 5.41) is 0. The third-order valence-corrected chi connectivity index (χ3v) is 5.59. The molecular formula is C16H26N2O. The molecule has 0 aromatic carbocycles. The van der Waals surface area contributed by atoms with E-state index in [1.807, 2.05) is 6.92 Å². The Labute approximate surface area is 115 Å². The summed E-state index contributed by atoms with van der Waals surface area (Å²) in [5.41, 5.74) is 5.60. The fraction of sp³-hybridized carbons (Fsp3) is 0.750. The average molecular weight is 262 g/mol. The lowest BCUT2D eigenvalue weighted by Crippen LogP contribution is -2.31. The number of nitrogens with one attached hydrogen (secondary N) is 1. The Balaban J connectivity index is 1.77. The predicted molar refractivity (Wildman–Crippen MR) is 76.5 cm³/mol. The maximum atomic E-state index is 5.84. The molecule has 1 heterocycles. The van der Waals surface area contributed by atoms with Crippen LogP contribution >= 0.6 is 0 Å². The van der Waals surface area contributed by atoms with Crippen molar-refractivity contribution < 1.29 is 4.42 Å². The van der Waals surface area contributed by atoms with Crippen molar-refractivity contribution in [2.45, 2.75) is 58.9 Å². The number of fused-ring (bicyclic) bond motifs is 2. The van der Waals surface area contributed by atoms with Crippen LogP contribution in [-0.4, -0.2) is 0 Å². The van der Waals surface area contributed by atoms with Crippen LogP contribution in [-0.2, 0) is 0 Å². The molecule has 2 aliphatic carbocycles. The molecule has 0 saturated heterocycles. The summed E-state index contributed by atoms with van der Waals surface area (Å²) in [6, 6.07) is 0.252. The zero-order valence-electron chi connectivity index (χ0n) is 12.3. The average Bonchev–Trinajstić information content (AvgIpc) is 3.04. The van der Waals surface area contributed by atoms with Crippen molar-refractivity contribution in [2.75, 3.05) is 0 Å². The van der Waals surface area contributed by atoms with E-state index >= 15 is 0 Å². The Morgan fingerprint density at radius 2 is 2.00 bits per heavy atom. The van der Waals surface area contributed by atoms with Crippen molar-refractivity contribution in [1.82, 2.24) is 5.43 Å². The largest absolute Gasteiger partial charge is 0.466 e. The molecule has 4 unspecified atom stereocenters. The van der Waals surface area contributed by atoms with E-state index in [-0.39, 0.29) is 6.04 Å². The first-order valence-corrected chi connectivity index (χ1v) is 7.62. The Kier molecular flexibility index (Phi) is 3.44. The highest BCUT2D eigenvalue weighted by atomic mass is 16.3. The molecule has 0 radical (unpaired) electrons. The zero-order valence-corrected chi connectivity index (χ0v) is 12.3. The van der Waals surface area contributed by atoms with Gasteiger partial charge in [0.1, 0.15) is 11.5 Å². The van der Waals surface area contributed by atoms with Crippen LogP contribution in [0.15, 0.2) is 4.42 Å². The summed E-state index contributed by atoms with van der Waals surface area (Å²) in [4.78, 5) is 0. The molecule has 0 amide bonds. The van der Waals surface area contributed by atoms with E-state index in [1.165, 1.54) is 43.2 Å². The molecule has 1 aromatic heterocycles. The Hall–Kier alpha value is -0.800. The quantitative estimate of drug-likeness (QED) is 0.644. The highest BCUT2D eigenvalue weighted by Gasteiger charge is 2.40. The van der Waals surface area contributed by atoms with Crippen LogP contribution < -0.4 is 11.3 Å². The Morgan fingerprint density at radius 3 is 2.47 bits per heavy atom. The SMILES string of the molecule is Cc1oc(C)c(C(CC2CC3CCC2C3)NN)c1C. The molecule has 2 bridgehead atoms. The standard InChI is InChI=1S/C16H26N2O/c1-9-10(2)19-11(3)16(9)15(18-17)8-14-7-12-4-5-13(14)6-12/h12-15,18H,4-8,17H2,1-3H3. The summed E-state index contributed by atoms with van der Waals surface area (Å²) >= 11 is 0. The molecule has 106 valence electrons. The minimum atomic E-state index is 0.252. The van der Waals surface area contributed by atoms with Gasteiger partial charge in [0.05, 0.1) is 0 Å². The summed E-state index contributed by atoms with van der Waals surface area (Å²) < 4.78 is 5.76. The number of nitrogens with two attached hydrogens (primary N) is 1. The monoisotopic (exact) mass is 262 g/mol. The molecule has 19 heavy (non-hydrogen) atoms. The summed E-state index contributed by atoms with van der Waals surface area (Å²) in [7, 11) is 0. The molecule has 3 heteroatoms. The second-order valence-electron chi connectivity index (χ2n) is 6.64. The van der Waals surface area contributed by atoms with Crippen molar-refractivity contribution >= 4 is 0 Å². The Morgan fingerprint density at radius 1 is 1.21 bits per heavy atom. The molecule has 2 saturated carbocycles. The van der Waals surface area contributed by atoms with Crippen LogP contribution in [0.4, 0.5) is 0 Å². The number of hydrogen-bond donors (Lipinski definition) is 2. The van der Waals surface area contributed by atoms with E-state index in [2.05, 4.69) is 19.3 Å². The van der Waals surface area contributed by atoms with Crippen LogP contribution in [0.5, 0.6) is 0 Å². The van der Waals surface area contributed by atoms with Crippen molar-refractivity contribution in [3.63, 3.8) is 0 Å². The van der Waals surface area contributed by atoms with E-state index in [1.54, 1.807) is 0 Å². The van der Waals surface area contributed by atoms with Gasteiger partial charge in [0.15, 0.2) is 0 Å². The minimum absolute atomic E-state index is 0.252. The lowest BCUT2D eigenvalue weighted by Gasteiger charge is -2.26. The molecule has 0 aliphatic heterocycles. The molecule has 2 aliphatic rings. The van der Waals surface area contributed by atoms with Crippen LogP contribution in [0.25, 0.3) is 0 Å². The maximum absolute atomic E-state index is 5.84. The first-order chi connectivity index (χ1) is 9.10. The summed E-state index contributed by atoms with van der Waals surface area (Å²) in [6.07, 6.45) is 6.94. The third kappa shape index (κ3) is 2.23. The lowest BCUT2D eigenvalue weighted by molar-refractivity contribution is 0.278. The van der Waals surface area contributed by atoms with Gasteiger partial charge in [-0.2, -0.15) is 0 Å². The van der Waals surface area contributed by atoms with Gasteiger partial charge < -0.3 is 4.42 Å². The second-order valence-corrected chi connectivity index (χ2v) is 6.64. The van der Waals surface area contributed by atoms with Crippen LogP contribution in [0.2, 0.25) is 0 Å². The number of hydrazine groups is 1. The summed E-state index contributed by atoms with van der Waals surface area (Å²) in [6.45, 7) is 6.24. The molecular weight excluding hydrogens is 236 g/mol. The van der Waals surface area contributed by atoms with Crippen molar-refractivity contribution in [1.29, 1.82) is 0 Å². The first kappa shape index (κ1) is 13.2. The van der Waals surface area contributed by atoms with E-state index in [4.69, 9.17) is 10.3 Å². The Bertz CT molecular complexity index is 466. The highest BCUT2D eigenvalue weighted by Crippen LogP contribution is 2.51. The van der Waals surface area contributed by atoms with Gasteiger partial charge in [-0.15, -0.1) is 0 Å². The lowest BCUT2D eigenvalue weighted by atomic mass is 9.82. The first-order valence-electron chi connectivity index (χ1n) is 7.62. The zero-order chi connectivity index (χ0) is 13.6. The fourth-order valence-electron chi connectivity index (χ4n) is 4.56. The van der Waals surface area contributed by atoms with Gasteiger partial charge in [0.25, 0.3) is 0 Å². The third-order valence-electron chi connectivity index (χ3n) is 5.59. The van der Waals surface area contributed by atoms with E-state index < -0.39 is 0 Å². The maximum Gasteiger partial charge on any atom is 0.106 e. The predicted octanol–water partition coefficient (Wildman–Crippen LogP) is 3.54. The topological polar surface area (TPSA) is 51.2 Å². The molecule has 0 spiro atoms. The van der Waals surface area contributed by atoms with Gasteiger partial charge in [-0.3, -0.25) is 11.3 Å². The van der Waals surface area contributed by atoms with Gasteiger partial charge in [-0.05, 0) is 69.8 Å². The number of aryl methyl sites for hydroxylation is 2.